The van der Waals surface area contributed by atoms with Crippen molar-refractivity contribution < 1.29 is 22.7 Å². The standard InChI is InChI=1S/C25H28ClF3N4O2/c26-19-12-30-24(31-13-19)32-6-3-16(4-7-32)21-9-17(21)5-8-35-20-2-1-18(22(27)11-20)10-23(34)33-14-25(28,29)15-33/h1-2,11-13,16-17,21H,3-10,14-15H2/t17-,21-/m0/s1. The van der Waals surface area contributed by atoms with E-state index in [1.54, 1.807) is 18.5 Å². The SMILES string of the molecule is O=C(Cc1ccc(OCC[C@H]2C[C@H]2C2CCN(c3ncc(Cl)cn3)CC2)cc1F)N1CC(F)(F)C1. The Bertz CT molecular complexity index is 1060. The molecule has 2 atom stereocenters. The van der Waals surface area contributed by atoms with Gasteiger partial charge in [-0.3, -0.25) is 4.79 Å². The maximum atomic E-state index is 14.4. The molecule has 188 valence electrons. The van der Waals surface area contributed by atoms with E-state index in [1.165, 1.54) is 18.6 Å². The molecule has 2 saturated heterocycles. The van der Waals surface area contributed by atoms with Gasteiger partial charge in [0.1, 0.15) is 11.6 Å². The number of alkyl halides is 2. The van der Waals surface area contributed by atoms with Gasteiger partial charge in [0.2, 0.25) is 11.9 Å². The van der Waals surface area contributed by atoms with Crippen LogP contribution in [0.15, 0.2) is 30.6 Å². The van der Waals surface area contributed by atoms with E-state index in [9.17, 15) is 18.0 Å². The molecule has 0 radical (unpaired) electrons. The van der Waals surface area contributed by atoms with Gasteiger partial charge in [-0.05, 0) is 55.1 Å². The van der Waals surface area contributed by atoms with Crippen molar-refractivity contribution in [3.63, 3.8) is 0 Å². The lowest BCUT2D eigenvalue weighted by Crippen LogP contribution is -2.58. The van der Waals surface area contributed by atoms with Gasteiger partial charge in [-0.1, -0.05) is 17.7 Å². The zero-order valence-corrected chi connectivity index (χ0v) is 20.1. The average Bonchev–Trinajstić information content (AvgIpc) is 3.59. The van der Waals surface area contributed by atoms with Gasteiger partial charge < -0.3 is 14.5 Å². The lowest BCUT2D eigenvalue weighted by molar-refractivity contribution is -0.165. The molecule has 3 fully saturated rings. The van der Waals surface area contributed by atoms with E-state index in [0.29, 0.717) is 35.1 Å². The summed E-state index contributed by atoms with van der Waals surface area (Å²) in [6.45, 7) is 1.22. The highest BCUT2D eigenvalue weighted by molar-refractivity contribution is 6.30. The zero-order chi connectivity index (χ0) is 24.6. The number of likely N-dealkylation sites (tertiary alicyclic amines) is 1. The number of amides is 1. The van der Waals surface area contributed by atoms with Gasteiger partial charge in [-0.25, -0.2) is 23.1 Å². The van der Waals surface area contributed by atoms with E-state index < -0.39 is 30.7 Å². The van der Waals surface area contributed by atoms with Gasteiger partial charge in [0.15, 0.2) is 0 Å². The lowest BCUT2D eigenvalue weighted by atomic mass is 9.90. The molecule has 1 saturated carbocycles. The van der Waals surface area contributed by atoms with Crippen LogP contribution in [0.25, 0.3) is 0 Å². The number of hydrogen-bond acceptors (Lipinski definition) is 5. The molecule has 1 amide bonds. The number of carbonyl (C=O) groups excluding carboxylic acids is 1. The van der Waals surface area contributed by atoms with E-state index in [1.807, 2.05) is 0 Å². The average molecular weight is 509 g/mol. The zero-order valence-electron chi connectivity index (χ0n) is 19.3. The van der Waals surface area contributed by atoms with Crippen LogP contribution in [0, 0.1) is 23.6 Å². The van der Waals surface area contributed by atoms with Crippen LogP contribution >= 0.6 is 11.6 Å². The van der Waals surface area contributed by atoms with E-state index in [-0.39, 0.29) is 12.0 Å². The minimum absolute atomic E-state index is 0.190. The fraction of sp³-hybridized carbons (Fsp3) is 0.560. The van der Waals surface area contributed by atoms with Crippen LogP contribution in [-0.2, 0) is 11.2 Å². The lowest BCUT2D eigenvalue weighted by Gasteiger charge is -2.38. The molecule has 3 heterocycles. The quantitative estimate of drug-likeness (QED) is 0.521. The van der Waals surface area contributed by atoms with E-state index in [0.717, 1.165) is 43.2 Å². The Morgan fingerprint density at radius 3 is 2.54 bits per heavy atom. The van der Waals surface area contributed by atoms with Gasteiger partial charge in [-0.2, -0.15) is 0 Å². The van der Waals surface area contributed by atoms with Crippen molar-refractivity contribution in [3.05, 3.63) is 47.0 Å². The Balaban J connectivity index is 1.02. The number of hydrogen-bond donors (Lipinski definition) is 0. The minimum Gasteiger partial charge on any atom is -0.493 e. The fourth-order valence-corrected chi connectivity index (χ4v) is 5.33. The monoisotopic (exact) mass is 508 g/mol. The number of ether oxygens (including phenoxy) is 1. The number of aromatic nitrogens is 2. The Kier molecular flexibility index (Phi) is 6.79. The topological polar surface area (TPSA) is 58.6 Å². The maximum absolute atomic E-state index is 14.4. The highest BCUT2D eigenvalue weighted by atomic mass is 35.5. The van der Waals surface area contributed by atoms with Gasteiger partial charge >= 0.3 is 0 Å². The second kappa shape index (κ2) is 9.84. The summed E-state index contributed by atoms with van der Waals surface area (Å²) in [6.07, 6.45) is 7.40. The van der Waals surface area contributed by atoms with Gasteiger partial charge in [-0.15, -0.1) is 0 Å². The third-order valence-electron chi connectivity index (χ3n) is 7.33. The fourth-order valence-electron chi connectivity index (χ4n) is 5.23. The van der Waals surface area contributed by atoms with E-state index in [2.05, 4.69) is 14.9 Å². The summed E-state index contributed by atoms with van der Waals surface area (Å²) in [6, 6.07) is 4.40. The molecule has 5 rings (SSSR count). The molecule has 1 aromatic carbocycles. The number of rotatable bonds is 8. The molecule has 0 N–H and O–H groups in total. The molecule has 3 aliphatic rings. The molecular formula is C25H28ClF3N4O2. The third-order valence-corrected chi connectivity index (χ3v) is 7.53. The Morgan fingerprint density at radius 1 is 1.17 bits per heavy atom. The summed E-state index contributed by atoms with van der Waals surface area (Å²) >= 11 is 5.87. The number of piperidine rings is 1. The molecule has 10 heteroatoms. The summed E-state index contributed by atoms with van der Waals surface area (Å²) in [5, 5.41) is 0.539. The number of anilines is 1. The Labute approximate surface area is 207 Å². The van der Waals surface area contributed by atoms with Crippen molar-refractivity contribution in [1.29, 1.82) is 0 Å². The van der Waals surface area contributed by atoms with Crippen molar-refractivity contribution in [3.8, 4) is 5.75 Å². The largest absolute Gasteiger partial charge is 0.493 e. The molecule has 2 aromatic rings. The number of halogens is 4. The van der Waals surface area contributed by atoms with Crippen molar-refractivity contribution in [2.24, 2.45) is 17.8 Å². The second-order valence-electron chi connectivity index (χ2n) is 9.86. The first kappa shape index (κ1) is 24.2. The first-order valence-electron chi connectivity index (χ1n) is 12.1. The van der Waals surface area contributed by atoms with Crippen LogP contribution in [0.1, 0.15) is 31.2 Å². The summed E-state index contributed by atoms with van der Waals surface area (Å²) < 4.78 is 46.0. The highest BCUT2D eigenvalue weighted by Gasteiger charge is 2.46. The molecule has 1 aromatic heterocycles. The maximum Gasteiger partial charge on any atom is 0.282 e. The normalized spacial score (nSPS) is 23.7. The van der Waals surface area contributed by atoms with Gasteiger partial charge in [0.25, 0.3) is 5.92 Å². The number of carbonyl (C=O) groups is 1. The molecule has 6 nitrogen and oxygen atoms in total. The molecule has 2 aliphatic heterocycles. The Morgan fingerprint density at radius 2 is 1.89 bits per heavy atom. The van der Waals surface area contributed by atoms with Crippen molar-refractivity contribution in [2.45, 2.75) is 38.0 Å². The van der Waals surface area contributed by atoms with Crippen LogP contribution in [0.5, 0.6) is 5.75 Å². The van der Waals surface area contributed by atoms with Gasteiger partial charge in [0.05, 0.1) is 43.5 Å². The third kappa shape index (κ3) is 5.82. The molecule has 1 aliphatic carbocycles. The summed E-state index contributed by atoms with van der Waals surface area (Å²) in [5.41, 5.74) is 0.190. The summed E-state index contributed by atoms with van der Waals surface area (Å²) in [7, 11) is 0. The predicted octanol–water partition coefficient (Wildman–Crippen LogP) is 4.61. The van der Waals surface area contributed by atoms with Crippen molar-refractivity contribution in [2.75, 3.05) is 37.7 Å². The highest BCUT2D eigenvalue weighted by Crippen LogP contribution is 2.49. The first-order valence-corrected chi connectivity index (χ1v) is 12.4. The van der Waals surface area contributed by atoms with Crippen LogP contribution in [-0.4, -0.2) is 59.5 Å². The molecule has 0 spiro atoms. The smallest absolute Gasteiger partial charge is 0.282 e. The molecular weight excluding hydrogens is 481 g/mol. The van der Waals surface area contributed by atoms with Crippen molar-refractivity contribution in [1.82, 2.24) is 14.9 Å². The summed E-state index contributed by atoms with van der Waals surface area (Å²) in [5.74, 6) is -0.666. The van der Waals surface area contributed by atoms with Crippen molar-refractivity contribution >= 4 is 23.5 Å². The minimum atomic E-state index is -2.82. The Hall–Kier alpha value is -2.55. The number of benzene rings is 1. The first-order chi connectivity index (χ1) is 16.8. The number of nitrogens with zero attached hydrogens (tertiary/aromatic N) is 4. The molecule has 0 bridgehead atoms. The van der Waals surface area contributed by atoms with Crippen LogP contribution < -0.4 is 9.64 Å². The van der Waals surface area contributed by atoms with Gasteiger partial charge in [0, 0.05) is 19.2 Å². The predicted molar refractivity (Wildman–Crippen MR) is 125 cm³/mol. The van der Waals surface area contributed by atoms with E-state index >= 15 is 0 Å². The van der Waals surface area contributed by atoms with E-state index in [4.69, 9.17) is 16.3 Å². The van der Waals surface area contributed by atoms with Crippen LogP contribution in [0.2, 0.25) is 5.02 Å². The van der Waals surface area contributed by atoms with Crippen LogP contribution in [0.3, 0.4) is 0 Å². The summed E-state index contributed by atoms with van der Waals surface area (Å²) in [4.78, 5) is 23.9. The van der Waals surface area contributed by atoms with Crippen LogP contribution in [0.4, 0.5) is 19.1 Å². The molecule has 35 heavy (non-hydrogen) atoms. The second-order valence-corrected chi connectivity index (χ2v) is 10.3. The molecule has 0 unspecified atom stereocenters.